The SMILES string of the molecule is CCSC1CCC(NCCC(=O)NC(C)C)C1. The molecule has 0 aromatic rings. The number of amides is 1. The van der Waals surface area contributed by atoms with E-state index in [4.69, 9.17) is 0 Å². The Bertz CT molecular complexity index is 233. The standard InChI is InChI=1S/C13H26N2OS/c1-4-17-12-6-5-11(9-12)14-8-7-13(16)15-10(2)3/h10-12,14H,4-9H2,1-3H3,(H,15,16). The van der Waals surface area contributed by atoms with Gasteiger partial charge in [-0.2, -0.15) is 11.8 Å². The summed E-state index contributed by atoms with van der Waals surface area (Å²) in [5, 5.41) is 7.25. The lowest BCUT2D eigenvalue weighted by Gasteiger charge is -2.13. The van der Waals surface area contributed by atoms with Crippen molar-refractivity contribution in [3.8, 4) is 0 Å². The average molecular weight is 258 g/mol. The molecule has 3 nitrogen and oxygen atoms in total. The molecular weight excluding hydrogens is 232 g/mol. The van der Waals surface area contributed by atoms with Gasteiger partial charge in [0.2, 0.25) is 5.91 Å². The Balaban J connectivity index is 2.06. The molecule has 0 spiro atoms. The molecule has 2 atom stereocenters. The van der Waals surface area contributed by atoms with Gasteiger partial charge in [-0.25, -0.2) is 0 Å². The maximum atomic E-state index is 11.4. The van der Waals surface area contributed by atoms with Gasteiger partial charge in [-0.3, -0.25) is 4.79 Å². The van der Waals surface area contributed by atoms with Crippen LogP contribution in [0.4, 0.5) is 0 Å². The summed E-state index contributed by atoms with van der Waals surface area (Å²) < 4.78 is 0. The third-order valence-electron chi connectivity index (χ3n) is 3.02. The van der Waals surface area contributed by atoms with Gasteiger partial charge in [0, 0.05) is 30.3 Å². The molecule has 100 valence electrons. The Hall–Kier alpha value is -0.220. The number of hydrogen-bond donors (Lipinski definition) is 2. The first-order chi connectivity index (χ1) is 8.11. The molecular formula is C13H26N2OS. The molecule has 0 bridgehead atoms. The Morgan fingerprint density at radius 1 is 1.41 bits per heavy atom. The number of carbonyl (C=O) groups excluding carboxylic acids is 1. The monoisotopic (exact) mass is 258 g/mol. The highest BCUT2D eigenvalue weighted by Gasteiger charge is 2.23. The molecule has 0 saturated heterocycles. The Kier molecular flexibility index (Phi) is 6.97. The highest BCUT2D eigenvalue weighted by Crippen LogP contribution is 2.29. The smallest absolute Gasteiger partial charge is 0.221 e. The summed E-state index contributed by atoms with van der Waals surface area (Å²) in [6.45, 7) is 7.03. The van der Waals surface area contributed by atoms with Gasteiger partial charge in [-0.15, -0.1) is 0 Å². The van der Waals surface area contributed by atoms with Crippen molar-refractivity contribution in [1.29, 1.82) is 0 Å². The van der Waals surface area contributed by atoms with Crippen LogP contribution in [0.2, 0.25) is 0 Å². The quantitative estimate of drug-likeness (QED) is 0.735. The number of thioether (sulfide) groups is 1. The minimum Gasteiger partial charge on any atom is -0.354 e. The van der Waals surface area contributed by atoms with E-state index in [2.05, 4.69) is 29.3 Å². The van der Waals surface area contributed by atoms with Crippen LogP contribution < -0.4 is 10.6 Å². The minimum atomic E-state index is 0.157. The molecule has 1 aliphatic rings. The van der Waals surface area contributed by atoms with Gasteiger partial charge >= 0.3 is 0 Å². The molecule has 1 amide bonds. The van der Waals surface area contributed by atoms with Crippen LogP contribution in [0.1, 0.15) is 46.5 Å². The fraction of sp³-hybridized carbons (Fsp3) is 0.923. The molecule has 1 fully saturated rings. The first kappa shape index (κ1) is 14.8. The van der Waals surface area contributed by atoms with Crippen molar-refractivity contribution in [2.75, 3.05) is 12.3 Å². The molecule has 0 heterocycles. The molecule has 4 heteroatoms. The van der Waals surface area contributed by atoms with Crippen molar-refractivity contribution in [3.05, 3.63) is 0 Å². The van der Waals surface area contributed by atoms with Crippen LogP contribution >= 0.6 is 11.8 Å². The highest BCUT2D eigenvalue weighted by molar-refractivity contribution is 7.99. The van der Waals surface area contributed by atoms with Gasteiger partial charge < -0.3 is 10.6 Å². The van der Waals surface area contributed by atoms with Crippen molar-refractivity contribution in [1.82, 2.24) is 10.6 Å². The first-order valence-electron chi connectivity index (χ1n) is 6.76. The summed E-state index contributed by atoms with van der Waals surface area (Å²) >= 11 is 2.07. The lowest BCUT2D eigenvalue weighted by Crippen LogP contribution is -2.35. The highest BCUT2D eigenvalue weighted by atomic mass is 32.2. The van der Waals surface area contributed by atoms with Gasteiger partial charge in [0.05, 0.1) is 0 Å². The first-order valence-corrected chi connectivity index (χ1v) is 7.81. The number of nitrogens with one attached hydrogen (secondary N) is 2. The molecule has 0 aliphatic heterocycles. The summed E-state index contributed by atoms with van der Waals surface area (Å²) in [5.41, 5.74) is 0. The predicted octanol–water partition coefficient (Wildman–Crippen LogP) is 2.16. The van der Waals surface area contributed by atoms with Crippen molar-refractivity contribution in [3.63, 3.8) is 0 Å². The van der Waals surface area contributed by atoms with Crippen molar-refractivity contribution in [2.45, 2.75) is 63.8 Å². The zero-order chi connectivity index (χ0) is 12.7. The second kappa shape index (κ2) is 7.98. The zero-order valence-electron chi connectivity index (χ0n) is 11.3. The molecule has 2 N–H and O–H groups in total. The maximum Gasteiger partial charge on any atom is 0.221 e. The molecule has 1 aliphatic carbocycles. The van der Waals surface area contributed by atoms with E-state index in [9.17, 15) is 4.79 Å². The van der Waals surface area contributed by atoms with E-state index in [1.165, 1.54) is 25.0 Å². The fourth-order valence-electron chi connectivity index (χ4n) is 2.30. The lowest BCUT2D eigenvalue weighted by molar-refractivity contribution is -0.121. The molecule has 0 aromatic heterocycles. The summed E-state index contributed by atoms with van der Waals surface area (Å²) in [6.07, 6.45) is 4.46. The van der Waals surface area contributed by atoms with Gasteiger partial charge in [-0.05, 0) is 38.9 Å². The summed E-state index contributed by atoms with van der Waals surface area (Å²) in [5.74, 6) is 1.37. The summed E-state index contributed by atoms with van der Waals surface area (Å²) in [7, 11) is 0. The average Bonchev–Trinajstić information content (AvgIpc) is 2.65. The normalized spacial score (nSPS) is 24.2. The minimum absolute atomic E-state index is 0.157. The topological polar surface area (TPSA) is 41.1 Å². The largest absolute Gasteiger partial charge is 0.354 e. The molecule has 0 aromatic carbocycles. The fourth-order valence-corrected chi connectivity index (χ4v) is 3.44. The lowest BCUT2D eigenvalue weighted by atomic mass is 10.2. The van der Waals surface area contributed by atoms with Crippen LogP contribution in [-0.2, 0) is 4.79 Å². The Labute approximate surface area is 109 Å². The van der Waals surface area contributed by atoms with Crippen LogP contribution in [-0.4, -0.2) is 35.5 Å². The van der Waals surface area contributed by atoms with E-state index in [-0.39, 0.29) is 11.9 Å². The van der Waals surface area contributed by atoms with Crippen LogP contribution in [0.3, 0.4) is 0 Å². The van der Waals surface area contributed by atoms with Crippen molar-refractivity contribution in [2.24, 2.45) is 0 Å². The molecule has 17 heavy (non-hydrogen) atoms. The van der Waals surface area contributed by atoms with Crippen LogP contribution in [0.25, 0.3) is 0 Å². The number of rotatable bonds is 7. The van der Waals surface area contributed by atoms with Gasteiger partial charge in [0.1, 0.15) is 0 Å². The summed E-state index contributed by atoms with van der Waals surface area (Å²) in [6, 6.07) is 0.880. The van der Waals surface area contributed by atoms with E-state index in [1.54, 1.807) is 0 Å². The zero-order valence-corrected chi connectivity index (χ0v) is 12.1. The van der Waals surface area contributed by atoms with E-state index in [0.717, 1.165) is 11.8 Å². The molecule has 2 unspecified atom stereocenters. The van der Waals surface area contributed by atoms with Crippen LogP contribution in [0, 0.1) is 0 Å². The summed E-state index contributed by atoms with van der Waals surface area (Å²) in [4.78, 5) is 11.4. The van der Waals surface area contributed by atoms with E-state index >= 15 is 0 Å². The maximum absolute atomic E-state index is 11.4. The molecule has 0 radical (unpaired) electrons. The Morgan fingerprint density at radius 3 is 2.82 bits per heavy atom. The Morgan fingerprint density at radius 2 is 2.18 bits per heavy atom. The second-order valence-corrected chi connectivity index (χ2v) is 6.59. The van der Waals surface area contributed by atoms with Crippen molar-refractivity contribution >= 4 is 17.7 Å². The van der Waals surface area contributed by atoms with Crippen LogP contribution in [0.5, 0.6) is 0 Å². The van der Waals surface area contributed by atoms with E-state index in [0.29, 0.717) is 12.5 Å². The number of carbonyl (C=O) groups is 1. The number of hydrogen-bond acceptors (Lipinski definition) is 3. The molecule has 1 saturated carbocycles. The van der Waals surface area contributed by atoms with E-state index < -0.39 is 0 Å². The van der Waals surface area contributed by atoms with E-state index in [1.807, 2.05) is 13.8 Å². The van der Waals surface area contributed by atoms with Crippen molar-refractivity contribution < 1.29 is 4.79 Å². The predicted molar refractivity (Wildman–Crippen MR) is 75.5 cm³/mol. The van der Waals surface area contributed by atoms with Crippen LogP contribution in [0.15, 0.2) is 0 Å². The second-order valence-electron chi connectivity index (χ2n) is 5.01. The van der Waals surface area contributed by atoms with Gasteiger partial charge in [-0.1, -0.05) is 6.92 Å². The molecule has 1 rings (SSSR count). The van der Waals surface area contributed by atoms with Gasteiger partial charge in [0.15, 0.2) is 0 Å². The van der Waals surface area contributed by atoms with Gasteiger partial charge in [0.25, 0.3) is 0 Å². The third-order valence-corrected chi connectivity index (χ3v) is 4.25. The third kappa shape index (κ3) is 6.32.